The molecule has 0 aliphatic carbocycles. The largest absolute Gasteiger partial charge is 0.379 e. The summed E-state index contributed by atoms with van der Waals surface area (Å²) in [6.45, 7) is 5.81. The number of ether oxygens (including phenoxy) is 3. The minimum atomic E-state index is -0.272. The summed E-state index contributed by atoms with van der Waals surface area (Å²) < 4.78 is 16.5. The van der Waals surface area contributed by atoms with Gasteiger partial charge in [-0.15, -0.1) is 0 Å². The van der Waals surface area contributed by atoms with Crippen LogP contribution in [-0.4, -0.2) is 62.9 Å². The SMILES string of the molecule is CCCCCCCCCCCCCCCCOCCOCCOCCN1C(=O)C=CC1=O. The van der Waals surface area contributed by atoms with Crippen LogP contribution in [0.2, 0.25) is 0 Å². The van der Waals surface area contributed by atoms with Crippen LogP contribution in [0.4, 0.5) is 0 Å². The lowest BCUT2D eigenvalue weighted by molar-refractivity contribution is -0.137. The molecule has 1 aliphatic heterocycles. The highest BCUT2D eigenvalue weighted by molar-refractivity contribution is 6.12. The maximum absolute atomic E-state index is 11.4. The molecule has 6 heteroatoms. The Morgan fingerprint density at radius 1 is 0.531 bits per heavy atom. The van der Waals surface area contributed by atoms with E-state index in [9.17, 15) is 9.59 Å². The molecule has 0 aromatic rings. The van der Waals surface area contributed by atoms with E-state index in [2.05, 4.69) is 6.92 Å². The van der Waals surface area contributed by atoms with Gasteiger partial charge in [-0.2, -0.15) is 0 Å². The third-order valence-corrected chi connectivity index (χ3v) is 5.75. The molecule has 0 bridgehead atoms. The summed E-state index contributed by atoms with van der Waals surface area (Å²) in [5.41, 5.74) is 0. The molecular formula is C26H47NO5. The third kappa shape index (κ3) is 16.4. The Morgan fingerprint density at radius 3 is 1.38 bits per heavy atom. The van der Waals surface area contributed by atoms with Crippen molar-refractivity contribution >= 4 is 11.8 Å². The van der Waals surface area contributed by atoms with Gasteiger partial charge in [0.15, 0.2) is 0 Å². The van der Waals surface area contributed by atoms with E-state index in [0.29, 0.717) is 33.0 Å². The first-order chi connectivity index (χ1) is 15.8. The predicted molar refractivity (Wildman–Crippen MR) is 129 cm³/mol. The Balaban J connectivity index is 1.67. The second-order valence-electron chi connectivity index (χ2n) is 8.59. The Kier molecular flexibility index (Phi) is 19.4. The molecule has 0 N–H and O–H groups in total. The average Bonchev–Trinajstić information content (AvgIpc) is 3.11. The second-order valence-corrected chi connectivity index (χ2v) is 8.59. The molecule has 0 unspecified atom stereocenters. The van der Waals surface area contributed by atoms with Gasteiger partial charge in [0.05, 0.1) is 39.6 Å². The standard InChI is InChI=1S/C26H47NO5/c1-2-3-4-5-6-7-8-9-10-11-12-13-14-15-19-30-21-23-32-24-22-31-20-18-27-25(28)16-17-26(27)29/h16-17H,2-15,18-24H2,1H3. The number of hydrogen-bond donors (Lipinski definition) is 0. The van der Waals surface area contributed by atoms with Crippen LogP contribution in [0.25, 0.3) is 0 Å². The normalized spacial score (nSPS) is 13.6. The zero-order chi connectivity index (χ0) is 23.1. The predicted octanol–water partition coefficient (Wildman–Crippen LogP) is 5.44. The van der Waals surface area contributed by atoms with Gasteiger partial charge < -0.3 is 14.2 Å². The molecule has 1 aliphatic rings. The lowest BCUT2D eigenvalue weighted by atomic mass is 10.0. The maximum Gasteiger partial charge on any atom is 0.253 e. The molecule has 186 valence electrons. The molecule has 6 nitrogen and oxygen atoms in total. The molecule has 1 rings (SSSR count). The smallest absolute Gasteiger partial charge is 0.253 e. The summed E-state index contributed by atoms with van der Waals surface area (Å²) in [5.74, 6) is -0.545. The quantitative estimate of drug-likeness (QED) is 0.144. The van der Waals surface area contributed by atoms with Crippen molar-refractivity contribution in [3.05, 3.63) is 12.2 Å². The third-order valence-electron chi connectivity index (χ3n) is 5.75. The van der Waals surface area contributed by atoms with Crippen molar-refractivity contribution in [3.63, 3.8) is 0 Å². The van der Waals surface area contributed by atoms with Gasteiger partial charge in [-0.05, 0) is 6.42 Å². The molecule has 0 fully saturated rings. The Morgan fingerprint density at radius 2 is 0.906 bits per heavy atom. The molecule has 0 aromatic carbocycles. The summed E-state index contributed by atoms with van der Waals surface area (Å²) in [4.78, 5) is 23.9. The molecular weight excluding hydrogens is 406 g/mol. The van der Waals surface area contributed by atoms with E-state index in [4.69, 9.17) is 14.2 Å². The van der Waals surface area contributed by atoms with Crippen LogP contribution in [0.1, 0.15) is 96.8 Å². The topological polar surface area (TPSA) is 65.1 Å². The van der Waals surface area contributed by atoms with Gasteiger partial charge in [-0.25, -0.2) is 0 Å². The Labute approximate surface area is 196 Å². The van der Waals surface area contributed by atoms with E-state index in [1.165, 1.54) is 101 Å². The number of nitrogens with zero attached hydrogens (tertiary/aromatic N) is 1. The lowest BCUT2D eigenvalue weighted by Crippen LogP contribution is -2.33. The molecule has 0 spiro atoms. The summed E-state index contributed by atoms with van der Waals surface area (Å²) in [6.07, 6.45) is 21.7. The van der Waals surface area contributed by atoms with Gasteiger partial charge in [-0.3, -0.25) is 14.5 Å². The van der Waals surface area contributed by atoms with E-state index in [0.717, 1.165) is 13.0 Å². The van der Waals surface area contributed by atoms with Gasteiger partial charge in [-0.1, -0.05) is 90.4 Å². The van der Waals surface area contributed by atoms with Gasteiger partial charge in [0.1, 0.15) is 0 Å². The maximum atomic E-state index is 11.4. The van der Waals surface area contributed by atoms with Crippen LogP contribution in [0.15, 0.2) is 12.2 Å². The number of carbonyl (C=O) groups excluding carboxylic acids is 2. The van der Waals surface area contributed by atoms with Crippen LogP contribution in [0.3, 0.4) is 0 Å². The van der Waals surface area contributed by atoms with Crippen LogP contribution in [0.5, 0.6) is 0 Å². The van der Waals surface area contributed by atoms with Crippen molar-refractivity contribution in [2.75, 3.05) is 46.2 Å². The molecule has 32 heavy (non-hydrogen) atoms. The molecule has 0 aromatic heterocycles. The van der Waals surface area contributed by atoms with E-state index in [-0.39, 0.29) is 18.4 Å². The van der Waals surface area contributed by atoms with Crippen molar-refractivity contribution in [2.45, 2.75) is 96.8 Å². The molecule has 0 saturated carbocycles. The van der Waals surface area contributed by atoms with Crippen LogP contribution in [0, 0.1) is 0 Å². The van der Waals surface area contributed by atoms with Gasteiger partial charge in [0.25, 0.3) is 11.8 Å². The zero-order valence-electron chi connectivity index (χ0n) is 20.5. The number of imide groups is 1. The summed E-state index contributed by atoms with van der Waals surface area (Å²) in [6, 6.07) is 0. The summed E-state index contributed by atoms with van der Waals surface area (Å²) in [7, 11) is 0. The second kappa shape index (κ2) is 21.6. The first-order valence-corrected chi connectivity index (χ1v) is 13.0. The number of rotatable bonds is 24. The van der Waals surface area contributed by atoms with E-state index < -0.39 is 0 Å². The fourth-order valence-corrected chi connectivity index (χ4v) is 3.75. The monoisotopic (exact) mass is 453 g/mol. The molecule has 0 radical (unpaired) electrons. The highest BCUT2D eigenvalue weighted by atomic mass is 16.5. The van der Waals surface area contributed by atoms with E-state index in [1.807, 2.05) is 0 Å². The van der Waals surface area contributed by atoms with Crippen LogP contribution < -0.4 is 0 Å². The van der Waals surface area contributed by atoms with Gasteiger partial charge >= 0.3 is 0 Å². The highest BCUT2D eigenvalue weighted by Crippen LogP contribution is 2.13. The summed E-state index contributed by atoms with van der Waals surface area (Å²) in [5, 5.41) is 0. The minimum absolute atomic E-state index is 0.272. The number of carbonyl (C=O) groups is 2. The van der Waals surface area contributed by atoms with Gasteiger partial charge in [0, 0.05) is 18.8 Å². The first-order valence-electron chi connectivity index (χ1n) is 13.0. The van der Waals surface area contributed by atoms with Crippen LogP contribution in [-0.2, 0) is 23.8 Å². The average molecular weight is 454 g/mol. The molecule has 1 heterocycles. The lowest BCUT2D eigenvalue weighted by Gasteiger charge is -2.13. The van der Waals surface area contributed by atoms with Gasteiger partial charge in [0.2, 0.25) is 0 Å². The molecule has 0 saturated heterocycles. The van der Waals surface area contributed by atoms with E-state index >= 15 is 0 Å². The number of unbranched alkanes of at least 4 members (excludes halogenated alkanes) is 13. The Hall–Kier alpha value is -1.24. The fourth-order valence-electron chi connectivity index (χ4n) is 3.75. The fraction of sp³-hybridized carbons (Fsp3) is 0.846. The number of hydrogen-bond acceptors (Lipinski definition) is 5. The van der Waals surface area contributed by atoms with Crippen molar-refractivity contribution < 1.29 is 23.8 Å². The van der Waals surface area contributed by atoms with Crippen molar-refractivity contribution in [3.8, 4) is 0 Å². The summed E-state index contributed by atoms with van der Waals surface area (Å²) >= 11 is 0. The van der Waals surface area contributed by atoms with Crippen molar-refractivity contribution in [1.29, 1.82) is 0 Å². The Bertz CT molecular complexity index is 477. The number of amides is 2. The highest BCUT2D eigenvalue weighted by Gasteiger charge is 2.22. The molecule has 2 amide bonds. The first kappa shape index (κ1) is 28.8. The van der Waals surface area contributed by atoms with Crippen LogP contribution >= 0.6 is 0 Å². The zero-order valence-corrected chi connectivity index (χ0v) is 20.5. The van der Waals surface area contributed by atoms with Crippen molar-refractivity contribution in [1.82, 2.24) is 4.90 Å². The van der Waals surface area contributed by atoms with Crippen molar-refractivity contribution in [2.24, 2.45) is 0 Å². The minimum Gasteiger partial charge on any atom is -0.379 e. The molecule has 0 atom stereocenters. The van der Waals surface area contributed by atoms with E-state index in [1.54, 1.807) is 0 Å².